The van der Waals surface area contributed by atoms with Crippen LogP contribution in [-0.4, -0.2) is 27.0 Å². The molecule has 102 valence electrons. The Bertz CT molecular complexity index is 518. The van der Waals surface area contributed by atoms with E-state index < -0.39 is 15.8 Å². The fourth-order valence-electron chi connectivity index (χ4n) is 1.47. The van der Waals surface area contributed by atoms with Gasteiger partial charge in [-0.25, -0.2) is 17.5 Å². The summed E-state index contributed by atoms with van der Waals surface area (Å²) in [4.78, 5) is 0.0583. The Morgan fingerprint density at radius 2 is 2.11 bits per heavy atom. The second-order valence-corrected chi connectivity index (χ2v) is 6.56. The van der Waals surface area contributed by atoms with Crippen LogP contribution in [0.1, 0.15) is 11.1 Å². The summed E-state index contributed by atoms with van der Waals surface area (Å²) in [5.74, 6) is 0.240. The molecule has 1 aromatic carbocycles. The van der Waals surface area contributed by atoms with Gasteiger partial charge in [-0.1, -0.05) is 0 Å². The van der Waals surface area contributed by atoms with Crippen LogP contribution in [0, 0.1) is 12.7 Å². The minimum atomic E-state index is -3.59. The van der Waals surface area contributed by atoms with Gasteiger partial charge in [0.25, 0.3) is 0 Å². The second kappa shape index (κ2) is 6.51. The molecular formula is C11H17FN2O2S2. The van der Waals surface area contributed by atoms with E-state index in [9.17, 15) is 12.8 Å². The predicted octanol–water partition coefficient (Wildman–Crippen LogP) is 1.23. The van der Waals surface area contributed by atoms with E-state index in [1.165, 1.54) is 19.1 Å². The Balaban J connectivity index is 3.05. The molecule has 7 heteroatoms. The number of benzene rings is 1. The molecule has 0 saturated heterocycles. The molecule has 0 atom stereocenters. The molecule has 0 aliphatic carbocycles. The minimum absolute atomic E-state index is 0.0269. The molecule has 18 heavy (non-hydrogen) atoms. The summed E-state index contributed by atoms with van der Waals surface area (Å²) < 4.78 is 40.0. The van der Waals surface area contributed by atoms with Crippen molar-refractivity contribution >= 4 is 21.8 Å². The van der Waals surface area contributed by atoms with Crippen molar-refractivity contribution in [2.75, 3.05) is 18.6 Å². The smallest absolute Gasteiger partial charge is 0.240 e. The van der Waals surface area contributed by atoms with E-state index >= 15 is 0 Å². The number of halogens is 1. The topological polar surface area (TPSA) is 72.2 Å². The number of hydrogen-bond donors (Lipinski definition) is 2. The minimum Gasteiger partial charge on any atom is -0.326 e. The molecule has 0 radical (unpaired) electrons. The molecule has 0 saturated carbocycles. The van der Waals surface area contributed by atoms with Crippen molar-refractivity contribution in [3.8, 4) is 0 Å². The summed E-state index contributed by atoms with van der Waals surface area (Å²) in [5, 5.41) is 0. The lowest BCUT2D eigenvalue weighted by atomic mass is 10.1. The van der Waals surface area contributed by atoms with E-state index in [4.69, 9.17) is 5.73 Å². The molecule has 0 aromatic heterocycles. The third-order valence-electron chi connectivity index (χ3n) is 2.43. The standard InChI is InChI=1S/C11H17FN2O2S2/c1-8-5-10(6-9(7-13)11(8)12)18(15,16)14-3-4-17-2/h5-6,14H,3-4,7,13H2,1-2H3. The van der Waals surface area contributed by atoms with Crippen molar-refractivity contribution in [1.82, 2.24) is 4.72 Å². The molecule has 0 amide bonds. The maximum Gasteiger partial charge on any atom is 0.240 e. The zero-order valence-corrected chi connectivity index (χ0v) is 12.0. The molecule has 0 aliphatic heterocycles. The van der Waals surface area contributed by atoms with Crippen LogP contribution >= 0.6 is 11.8 Å². The Morgan fingerprint density at radius 1 is 1.44 bits per heavy atom. The third kappa shape index (κ3) is 3.68. The molecule has 0 spiro atoms. The van der Waals surface area contributed by atoms with Crippen LogP contribution in [0.25, 0.3) is 0 Å². The first-order valence-electron chi connectivity index (χ1n) is 5.40. The average Bonchev–Trinajstić information content (AvgIpc) is 2.32. The van der Waals surface area contributed by atoms with Crippen molar-refractivity contribution in [3.63, 3.8) is 0 Å². The van der Waals surface area contributed by atoms with Crippen molar-refractivity contribution < 1.29 is 12.8 Å². The Morgan fingerprint density at radius 3 is 2.67 bits per heavy atom. The molecule has 0 bridgehead atoms. The maximum atomic E-state index is 13.6. The highest BCUT2D eigenvalue weighted by Gasteiger charge is 2.17. The van der Waals surface area contributed by atoms with Gasteiger partial charge in [0.15, 0.2) is 0 Å². The fourth-order valence-corrected chi connectivity index (χ4v) is 3.07. The van der Waals surface area contributed by atoms with Crippen molar-refractivity contribution in [3.05, 3.63) is 29.1 Å². The molecule has 3 N–H and O–H groups in total. The van der Waals surface area contributed by atoms with E-state index in [-0.39, 0.29) is 22.6 Å². The van der Waals surface area contributed by atoms with Crippen LogP contribution < -0.4 is 10.5 Å². The summed E-state index contributed by atoms with van der Waals surface area (Å²) in [6, 6.07) is 2.60. The number of rotatable bonds is 6. The van der Waals surface area contributed by atoms with Gasteiger partial charge in [-0.05, 0) is 30.9 Å². The number of hydrogen-bond acceptors (Lipinski definition) is 4. The molecular weight excluding hydrogens is 275 g/mol. The summed E-state index contributed by atoms with van der Waals surface area (Å²) in [6.07, 6.45) is 1.89. The lowest BCUT2D eigenvalue weighted by Gasteiger charge is -2.10. The molecule has 0 heterocycles. The monoisotopic (exact) mass is 292 g/mol. The first-order valence-corrected chi connectivity index (χ1v) is 8.27. The van der Waals surface area contributed by atoms with Gasteiger partial charge in [0.2, 0.25) is 10.0 Å². The second-order valence-electron chi connectivity index (χ2n) is 3.81. The van der Waals surface area contributed by atoms with E-state index in [0.717, 1.165) is 0 Å². The van der Waals surface area contributed by atoms with Gasteiger partial charge < -0.3 is 5.73 Å². The first-order chi connectivity index (χ1) is 8.42. The number of thioether (sulfide) groups is 1. The van der Waals surface area contributed by atoms with Crippen LogP contribution in [0.2, 0.25) is 0 Å². The van der Waals surface area contributed by atoms with Gasteiger partial charge in [0.05, 0.1) is 4.90 Å². The number of aryl methyl sites for hydroxylation is 1. The Kier molecular flexibility index (Phi) is 5.58. The quantitative estimate of drug-likeness (QED) is 0.774. The molecule has 1 aromatic rings. The molecule has 0 fully saturated rings. The van der Waals surface area contributed by atoms with Gasteiger partial charge in [-0.15, -0.1) is 0 Å². The van der Waals surface area contributed by atoms with Gasteiger partial charge in [-0.3, -0.25) is 0 Å². The number of sulfonamides is 1. The highest BCUT2D eigenvalue weighted by molar-refractivity contribution is 7.98. The summed E-state index contributed by atoms with van der Waals surface area (Å²) in [6.45, 7) is 1.84. The van der Waals surface area contributed by atoms with Gasteiger partial charge in [0, 0.05) is 24.4 Å². The van der Waals surface area contributed by atoms with Crippen LogP contribution in [0.5, 0.6) is 0 Å². The third-order valence-corrected chi connectivity index (χ3v) is 4.48. The Hall–Kier alpha value is -0.630. The SMILES string of the molecule is CSCCNS(=O)(=O)c1cc(C)c(F)c(CN)c1. The number of nitrogens with two attached hydrogens (primary N) is 1. The lowest BCUT2D eigenvalue weighted by molar-refractivity contribution is 0.580. The zero-order chi connectivity index (χ0) is 13.8. The molecule has 0 unspecified atom stereocenters. The predicted molar refractivity (Wildman–Crippen MR) is 72.6 cm³/mol. The first kappa shape index (κ1) is 15.4. The molecule has 0 aliphatic rings. The fraction of sp³-hybridized carbons (Fsp3) is 0.455. The van der Waals surface area contributed by atoms with Gasteiger partial charge in [-0.2, -0.15) is 11.8 Å². The van der Waals surface area contributed by atoms with Crippen molar-refractivity contribution in [2.45, 2.75) is 18.4 Å². The normalized spacial score (nSPS) is 11.8. The van der Waals surface area contributed by atoms with Crippen LogP contribution in [0.15, 0.2) is 17.0 Å². The van der Waals surface area contributed by atoms with Crippen LogP contribution in [-0.2, 0) is 16.6 Å². The maximum absolute atomic E-state index is 13.6. The van der Waals surface area contributed by atoms with E-state index in [1.54, 1.807) is 11.8 Å². The summed E-state index contributed by atoms with van der Waals surface area (Å²) in [7, 11) is -3.59. The summed E-state index contributed by atoms with van der Waals surface area (Å²) in [5.41, 5.74) is 5.88. The highest BCUT2D eigenvalue weighted by atomic mass is 32.2. The van der Waals surface area contributed by atoms with E-state index in [0.29, 0.717) is 12.3 Å². The van der Waals surface area contributed by atoms with E-state index in [2.05, 4.69) is 4.72 Å². The van der Waals surface area contributed by atoms with Crippen LogP contribution in [0.3, 0.4) is 0 Å². The largest absolute Gasteiger partial charge is 0.326 e. The highest BCUT2D eigenvalue weighted by Crippen LogP contribution is 2.18. The van der Waals surface area contributed by atoms with Crippen molar-refractivity contribution in [2.24, 2.45) is 5.73 Å². The lowest BCUT2D eigenvalue weighted by Crippen LogP contribution is -2.26. The summed E-state index contributed by atoms with van der Waals surface area (Å²) >= 11 is 1.54. The number of nitrogens with one attached hydrogen (secondary N) is 1. The van der Waals surface area contributed by atoms with Crippen LogP contribution in [0.4, 0.5) is 4.39 Å². The molecule has 4 nitrogen and oxygen atoms in total. The zero-order valence-electron chi connectivity index (χ0n) is 10.4. The average molecular weight is 292 g/mol. The van der Waals surface area contributed by atoms with Crippen molar-refractivity contribution in [1.29, 1.82) is 0 Å². The Labute approximate surface area is 111 Å². The molecule has 1 rings (SSSR count). The van der Waals surface area contributed by atoms with Gasteiger partial charge >= 0.3 is 0 Å². The van der Waals surface area contributed by atoms with E-state index in [1.807, 2.05) is 6.26 Å². The van der Waals surface area contributed by atoms with Gasteiger partial charge in [0.1, 0.15) is 5.82 Å².